The summed E-state index contributed by atoms with van der Waals surface area (Å²) in [5, 5.41) is 0. The van der Waals surface area contributed by atoms with Crippen molar-refractivity contribution in [3.8, 4) is 0 Å². The summed E-state index contributed by atoms with van der Waals surface area (Å²) in [6.07, 6.45) is 5.74. The van der Waals surface area contributed by atoms with Crippen molar-refractivity contribution in [1.29, 1.82) is 0 Å². The zero-order valence-corrected chi connectivity index (χ0v) is 9.48. The van der Waals surface area contributed by atoms with E-state index in [-0.39, 0.29) is 11.6 Å². The van der Waals surface area contributed by atoms with Gasteiger partial charge < -0.3 is 10.3 Å². The number of nitrogens with zero attached hydrogens (tertiary/aromatic N) is 1. The molecule has 3 nitrogen and oxygen atoms in total. The van der Waals surface area contributed by atoms with Crippen LogP contribution in [0.15, 0.2) is 16.9 Å². The Morgan fingerprint density at radius 1 is 1.31 bits per heavy atom. The molecule has 0 aliphatic heterocycles. The Hall–Kier alpha value is -1.09. The number of fused-ring (bicyclic) bond motifs is 1. The molecule has 2 N–H and O–H groups in total. The zero-order chi connectivity index (χ0) is 11.1. The van der Waals surface area contributed by atoms with Gasteiger partial charge in [-0.3, -0.25) is 4.79 Å². The number of pyridine rings is 1. The van der Waals surface area contributed by atoms with Crippen LogP contribution in [0.5, 0.6) is 0 Å². The van der Waals surface area contributed by atoms with Crippen molar-refractivity contribution < 1.29 is 0 Å². The molecule has 1 aromatic heterocycles. The van der Waals surface area contributed by atoms with Crippen molar-refractivity contribution in [1.82, 2.24) is 4.57 Å². The zero-order valence-electron chi connectivity index (χ0n) is 9.48. The van der Waals surface area contributed by atoms with Gasteiger partial charge in [0, 0.05) is 24.3 Å². The molecule has 0 amide bonds. The molecule has 1 saturated carbocycles. The van der Waals surface area contributed by atoms with Gasteiger partial charge in [-0.25, -0.2) is 0 Å². The van der Waals surface area contributed by atoms with E-state index >= 15 is 0 Å². The Labute approximate surface area is 95.3 Å². The summed E-state index contributed by atoms with van der Waals surface area (Å²) in [4.78, 5) is 11.9. The van der Waals surface area contributed by atoms with Gasteiger partial charge in [0.1, 0.15) is 0 Å². The number of nitrogens with two attached hydrogens (primary N) is 1. The summed E-state index contributed by atoms with van der Waals surface area (Å²) in [6, 6.07) is 3.76. The van der Waals surface area contributed by atoms with Gasteiger partial charge in [0.05, 0.1) is 0 Å². The van der Waals surface area contributed by atoms with Crippen molar-refractivity contribution >= 4 is 0 Å². The second-order valence-electron chi connectivity index (χ2n) is 5.13. The lowest BCUT2D eigenvalue weighted by atomic mass is 9.91. The molecule has 2 aliphatic rings. The highest BCUT2D eigenvalue weighted by molar-refractivity contribution is 5.27. The van der Waals surface area contributed by atoms with E-state index in [0.29, 0.717) is 0 Å². The van der Waals surface area contributed by atoms with E-state index in [1.54, 1.807) is 6.07 Å². The van der Waals surface area contributed by atoms with Crippen molar-refractivity contribution in [3.63, 3.8) is 0 Å². The van der Waals surface area contributed by atoms with Crippen molar-refractivity contribution in [2.75, 3.05) is 0 Å². The van der Waals surface area contributed by atoms with E-state index in [9.17, 15) is 4.79 Å². The molecule has 3 heteroatoms. The van der Waals surface area contributed by atoms with Crippen LogP contribution in [0.2, 0.25) is 0 Å². The lowest BCUT2D eigenvalue weighted by Gasteiger charge is -2.25. The molecule has 1 aromatic rings. The largest absolute Gasteiger partial charge is 0.324 e. The summed E-state index contributed by atoms with van der Waals surface area (Å²) in [5.74, 6) is 0.738. The SMILES string of the molecule is NC1CCCc2c1ccc(=O)n2CC1CC1. The molecule has 3 rings (SSSR count). The van der Waals surface area contributed by atoms with Gasteiger partial charge in [0.2, 0.25) is 0 Å². The van der Waals surface area contributed by atoms with Gasteiger partial charge in [0.25, 0.3) is 5.56 Å². The van der Waals surface area contributed by atoms with Gasteiger partial charge in [-0.1, -0.05) is 6.07 Å². The van der Waals surface area contributed by atoms with Gasteiger partial charge in [-0.2, -0.15) is 0 Å². The first-order chi connectivity index (χ1) is 7.75. The Bertz CT molecular complexity index is 459. The molecule has 0 bridgehead atoms. The lowest BCUT2D eigenvalue weighted by Crippen LogP contribution is -2.29. The number of hydrogen-bond acceptors (Lipinski definition) is 2. The first-order valence-corrected chi connectivity index (χ1v) is 6.24. The Balaban J connectivity index is 2.06. The van der Waals surface area contributed by atoms with Crippen molar-refractivity contribution in [2.24, 2.45) is 11.7 Å². The molecule has 86 valence electrons. The summed E-state index contributed by atoms with van der Waals surface area (Å²) < 4.78 is 1.98. The van der Waals surface area contributed by atoms with E-state index in [4.69, 9.17) is 5.73 Å². The van der Waals surface area contributed by atoms with Crippen LogP contribution >= 0.6 is 0 Å². The lowest BCUT2D eigenvalue weighted by molar-refractivity contribution is 0.503. The van der Waals surface area contributed by atoms with Crippen molar-refractivity contribution in [2.45, 2.75) is 44.7 Å². The third-order valence-electron chi connectivity index (χ3n) is 3.80. The molecule has 1 atom stereocenters. The van der Waals surface area contributed by atoms with Crippen LogP contribution in [0.3, 0.4) is 0 Å². The molecule has 1 fully saturated rings. The number of rotatable bonds is 2. The highest BCUT2D eigenvalue weighted by Gasteiger charge is 2.26. The second kappa shape index (κ2) is 3.74. The molecule has 0 radical (unpaired) electrons. The summed E-state index contributed by atoms with van der Waals surface area (Å²) in [6.45, 7) is 0.911. The topological polar surface area (TPSA) is 48.0 Å². The Kier molecular flexibility index (Phi) is 2.36. The van der Waals surface area contributed by atoms with Crippen LogP contribution in [-0.4, -0.2) is 4.57 Å². The van der Waals surface area contributed by atoms with Gasteiger partial charge in [-0.15, -0.1) is 0 Å². The van der Waals surface area contributed by atoms with E-state index in [1.165, 1.54) is 24.1 Å². The van der Waals surface area contributed by atoms with Gasteiger partial charge in [-0.05, 0) is 43.6 Å². The highest BCUT2D eigenvalue weighted by Crippen LogP contribution is 2.32. The maximum absolute atomic E-state index is 11.9. The molecule has 2 aliphatic carbocycles. The van der Waals surface area contributed by atoms with Crippen LogP contribution in [0, 0.1) is 5.92 Å². The molecule has 0 saturated heterocycles. The standard InChI is InChI=1S/C13H18N2O/c14-11-2-1-3-12-10(11)6-7-13(16)15(12)8-9-4-5-9/h6-7,9,11H,1-5,8,14H2. The predicted octanol–water partition coefficient (Wildman–Crippen LogP) is 1.59. The summed E-state index contributed by atoms with van der Waals surface area (Å²) in [5.41, 5.74) is 8.66. The first kappa shape index (κ1) is 10.1. The summed E-state index contributed by atoms with van der Waals surface area (Å²) >= 11 is 0. The Morgan fingerprint density at radius 3 is 2.88 bits per heavy atom. The first-order valence-electron chi connectivity index (χ1n) is 6.24. The maximum Gasteiger partial charge on any atom is 0.250 e. The third kappa shape index (κ3) is 1.69. The predicted molar refractivity (Wildman–Crippen MR) is 63.3 cm³/mol. The minimum absolute atomic E-state index is 0.134. The Morgan fingerprint density at radius 2 is 2.12 bits per heavy atom. The van der Waals surface area contributed by atoms with Gasteiger partial charge >= 0.3 is 0 Å². The van der Waals surface area contributed by atoms with Crippen molar-refractivity contribution in [3.05, 3.63) is 33.7 Å². The molecular formula is C13H18N2O. The molecule has 1 unspecified atom stereocenters. The fraction of sp³-hybridized carbons (Fsp3) is 0.615. The van der Waals surface area contributed by atoms with Crippen LogP contribution < -0.4 is 11.3 Å². The van der Waals surface area contributed by atoms with Crippen LogP contribution in [0.1, 0.15) is 43.0 Å². The van der Waals surface area contributed by atoms with Gasteiger partial charge in [0.15, 0.2) is 0 Å². The van der Waals surface area contributed by atoms with E-state index in [1.807, 2.05) is 10.6 Å². The normalized spacial score (nSPS) is 24.2. The van der Waals surface area contributed by atoms with Crippen LogP contribution in [-0.2, 0) is 13.0 Å². The maximum atomic E-state index is 11.9. The molecule has 16 heavy (non-hydrogen) atoms. The second-order valence-corrected chi connectivity index (χ2v) is 5.13. The molecule has 1 heterocycles. The summed E-state index contributed by atoms with van der Waals surface area (Å²) in [7, 11) is 0. The molecule has 0 spiro atoms. The quantitative estimate of drug-likeness (QED) is 0.819. The minimum Gasteiger partial charge on any atom is -0.324 e. The third-order valence-corrected chi connectivity index (χ3v) is 3.80. The highest BCUT2D eigenvalue weighted by atomic mass is 16.1. The van der Waals surface area contributed by atoms with E-state index in [0.717, 1.165) is 31.7 Å². The fourth-order valence-corrected chi connectivity index (χ4v) is 2.66. The fourth-order valence-electron chi connectivity index (χ4n) is 2.66. The van der Waals surface area contributed by atoms with E-state index < -0.39 is 0 Å². The van der Waals surface area contributed by atoms with Crippen LogP contribution in [0.4, 0.5) is 0 Å². The average molecular weight is 218 g/mol. The minimum atomic E-state index is 0.134. The van der Waals surface area contributed by atoms with E-state index in [2.05, 4.69) is 0 Å². The monoisotopic (exact) mass is 218 g/mol. The molecular weight excluding hydrogens is 200 g/mol. The van der Waals surface area contributed by atoms with Crippen LogP contribution in [0.25, 0.3) is 0 Å². The smallest absolute Gasteiger partial charge is 0.250 e. The molecule has 0 aromatic carbocycles. The number of hydrogen-bond donors (Lipinski definition) is 1. The number of aromatic nitrogens is 1. The average Bonchev–Trinajstić information content (AvgIpc) is 3.07.